The number of nitrogens with one attached hydrogen (secondary N) is 1. The highest BCUT2D eigenvalue weighted by Gasteiger charge is 2.71. The Balaban J connectivity index is 2.18. The average molecular weight is 379 g/mol. The predicted molar refractivity (Wildman–Crippen MR) is 78.5 cm³/mol. The average Bonchev–Trinajstić information content (AvgIpc) is 2.53. The number of ether oxygens (including phenoxy) is 1. The van der Waals surface area contributed by atoms with Gasteiger partial charge in [0, 0.05) is 11.3 Å². The SMILES string of the molecule is O=C(Nc1ccc(C(O)(C(F)(F)F)C(F)(F)F)cc1)Oc1ccccc1. The maximum atomic E-state index is 12.8. The summed E-state index contributed by atoms with van der Waals surface area (Å²) in [6.45, 7) is 0. The fourth-order valence-corrected chi connectivity index (χ4v) is 2.02. The third kappa shape index (κ3) is 3.90. The highest BCUT2D eigenvalue weighted by molar-refractivity contribution is 5.86. The van der Waals surface area contributed by atoms with Crippen molar-refractivity contribution < 1.29 is 41.0 Å². The molecule has 0 aromatic heterocycles. The van der Waals surface area contributed by atoms with Crippen molar-refractivity contribution in [2.75, 3.05) is 5.32 Å². The lowest BCUT2D eigenvalue weighted by Crippen LogP contribution is -2.53. The van der Waals surface area contributed by atoms with E-state index in [-0.39, 0.29) is 11.4 Å². The van der Waals surface area contributed by atoms with Gasteiger partial charge in [0.1, 0.15) is 5.75 Å². The van der Waals surface area contributed by atoms with Crippen molar-refractivity contribution in [3.8, 4) is 5.75 Å². The number of carbonyl (C=O) groups excluding carboxylic acids is 1. The minimum atomic E-state index is -5.98. The Kier molecular flexibility index (Phi) is 5.17. The summed E-state index contributed by atoms with van der Waals surface area (Å²) in [5.74, 6) is 0.185. The van der Waals surface area contributed by atoms with E-state index in [4.69, 9.17) is 4.74 Å². The fraction of sp³-hybridized carbons (Fsp3) is 0.188. The van der Waals surface area contributed by atoms with Gasteiger partial charge in [-0.05, 0) is 24.3 Å². The third-order valence-electron chi connectivity index (χ3n) is 3.32. The number of hydrogen-bond donors (Lipinski definition) is 2. The van der Waals surface area contributed by atoms with Gasteiger partial charge in [0.2, 0.25) is 0 Å². The van der Waals surface area contributed by atoms with Crippen LogP contribution in [0, 0.1) is 0 Å². The molecule has 2 N–H and O–H groups in total. The molecule has 0 saturated heterocycles. The number of benzene rings is 2. The molecule has 0 fully saturated rings. The van der Waals surface area contributed by atoms with Crippen LogP contribution in [0.1, 0.15) is 5.56 Å². The van der Waals surface area contributed by atoms with Gasteiger partial charge < -0.3 is 9.84 Å². The van der Waals surface area contributed by atoms with E-state index in [1.807, 2.05) is 0 Å². The van der Waals surface area contributed by atoms with Gasteiger partial charge in [-0.25, -0.2) is 4.79 Å². The van der Waals surface area contributed by atoms with Crippen LogP contribution in [-0.4, -0.2) is 23.6 Å². The normalized spacial score (nSPS) is 12.6. The monoisotopic (exact) mass is 379 g/mol. The number of rotatable bonds is 3. The Bertz CT molecular complexity index is 742. The molecule has 2 aromatic rings. The van der Waals surface area contributed by atoms with Crippen LogP contribution in [0.4, 0.5) is 36.8 Å². The predicted octanol–water partition coefficient (Wildman–Crippen LogP) is 4.61. The standard InChI is InChI=1S/C16H11F6NO3/c17-15(18,19)14(25,16(20,21)22)10-6-8-11(9-7-10)23-13(24)26-12-4-2-1-3-5-12/h1-9,25H,(H,23,24). The Morgan fingerprint density at radius 3 is 1.81 bits per heavy atom. The number of carbonyl (C=O) groups is 1. The fourth-order valence-electron chi connectivity index (χ4n) is 2.02. The molecule has 2 rings (SSSR count). The van der Waals surface area contributed by atoms with Crippen LogP contribution < -0.4 is 10.1 Å². The van der Waals surface area contributed by atoms with Gasteiger partial charge in [0.25, 0.3) is 5.60 Å². The van der Waals surface area contributed by atoms with E-state index in [1.54, 1.807) is 18.2 Å². The first-order chi connectivity index (χ1) is 11.9. The third-order valence-corrected chi connectivity index (χ3v) is 3.32. The van der Waals surface area contributed by atoms with Crippen LogP contribution in [0.5, 0.6) is 5.75 Å². The number of anilines is 1. The quantitative estimate of drug-likeness (QED) is 0.766. The number of hydrogen-bond acceptors (Lipinski definition) is 3. The molecule has 140 valence electrons. The van der Waals surface area contributed by atoms with Crippen molar-refractivity contribution in [3.05, 3.63) is 60.2 Å². The Hall–Kier alpha value is -2.75. The second-order valence-electron chi connectivity index (χ2n) is 5.11. The molecule has 26 heavy (non-hydrogen) atoms. The van der Waals surface area contributed by atoms with Crippen molar-refractivity contribution in [1.29, 1.82) is 0 Å². The molecule has 0 bridgehead atoms. The number of aliphatic hydroxyl groups is 1. The van der Waals surface area contributed by atoms with Crippen LogP contribution in [-0.2, 0) is 5.60 Å². The highest BCUT2D eigenvalue weighted by Crippen LogP contribution is 2.50. The Morgan fingerprint density at radius 2 is 1.35 bits per heavy atom. The van der Waals surface area contributed by atoms with Gasteiger partial charge in [0.05, 0.1) is 0 Å². The van der Waals surface area contributed by atoms with E-state index >= 15 is 0 Å². The molecular formula is C16H11F6NO3. The summed E-state index contributed by atoms with van der Waals surface area (Å²) >= 11 is 0. The van der Waals surface area contributed by atoms with Crippen molar-refractivity contribution >= 4 is 11.8 Å². The molecule has 0 spiro atoms. The summed E-state index contributed by atoms with van der Waals surface area (Å²) in [5.41, 5.74) is -6.58. The van der Waals surface area contributed by atoms with E-state index in [9.17, 15) is 36.2 Å². The molecule has 0 atom stereocenters. The molecule has 4 nitrogen and oxygen atoms in total. The zero-order valence-corrected chi connectivity index (χ0v) is 12.7. The van der Waals surface area contributed by atoms with Crippen molar-refractivity contribution in [2.45, 2.75) is 18.0 Å². The van der Waals surface area contributed by atoms with Gasteiger partial charge in [-0.2, -0.15) is 26.3 Å². The van der Waals surface area contributed by atoms with Crippen molar-refractivity contribution in [1.82, 2.24) is 0 Å². The van der Waals surface area contributed by atoms with Crippen LogP contribution in [0.25, 0.3) is 0 Å². The van der Waals surface area contributed by atoms with E-state index in [0.717, 1.165) is 12.1 Å². The molecule has 2 aromatic carbocycles. The Morgan fingerprint density at radius 1 is 0.846 bits per heavy atom. The van der Waals surface area contributed by atoms with Gasteiger partial charge in [0.15, 0.2) is 0 Å². The van der Waals surface area contributed by atoms with Crippen LogP contribution in [0.2, 0.25) is 0 Å². The summed E-state index contributed by atoms with van der Waals surface area (Å²) in [5, 5.41) is 11.4. The highest BCUT2D eigenvalue weighted by atomic mass is 19.4. The van der Waals surface area contributed by atoms with Gasteiger partial charge in [-0.15, -0.1) is 0 Å². The van der Waals surface area contributed by atoms with Gasteiger partial charge in [-0.1, -0.05) is 30.3 Å². The van der Waals surface area contributed by atoms with Crippen LogP contribution in [0.15, 0.2) is 54.6 Å². The molecule has 10 heteroatoms. The van der Waals surface area contributed by atoms with Crippen molar-refractivity contribution in [3.63, 3.8) is 0 Å². The zero-order chi connectivity index (χ0) is 19.6. The summed E-state index contributed by atoms with van der Waals surface area (Å²) in [6, 6.07) is 10.2. The summed E-state index contributed by atoms with van der Waals surface area (Å²) < 4.78 is 81.5. The van der Waals surface area contributed by atoms with E-state index in [2.05, 4.69) is 5.32 Å². The maximum Gasteiger partial charge on any atom is 0.430 e. The van der Waals surface area contributed by atoms with E-state index in [0.29, 0.717) is 12.1 Å². The molecule has 0 aliphatic rings. The second kappa shape index (κ2) is 6.87. The minimum Gasteiger partial charge on any atom is -0.410 e. The molecule has 0 saturated carbocycles. The van der Waals surface area contributed by atoms with Gasteiger partial charge >= 0.3 is 18.4 Å². The van der Waals surface area contributed by atoms with Crippen LogP contribution in [0.3, 0.4) is 0 Å². The van der Waals surface area contributed by atoms with E-state index in [1.165, 1.54) is 12.1 Å². The minimum absolute atomic E-state index is 0.124. The zero-order valence-electron chi connectivity index (χ0n) is 12.7. The molecule has 0 aliphatic carbocycles. The Labute approximate surface area is 143 Å². The smallest absolute Gasteiger partial charge is 0.410 e. The molecule has 0 radical (unpaired) electrons. The summed E-state index contributed by atoms with van der Waals surface area (Å²) in [7, 11) is 0. The second-order valence-corrected chi connectivity index (χ2v) is 5.11. The number of alkyl halides is 6. The molecule has 0 heterocycles. The molecule has 1 amide bonds. The first-order valence-electron chi connectivity index (χ1n) is 6.95. The van der Waals surface area contributed by atoms with Gasteiger partial charge in [-0.3, -0.25) is 5.32 Å². The number of halogens is 6. The van der Waals surface area contributed by atoms with Crippen LogP contribution >= 0.6 is 0 Å². The maximum absolute atomic E-state index is 12.8. The number of amides is 1. The first kappa shape index (κ1) is 19.6. The molecule has 0 aliphatic heterocycles. The topological polar surface area (TPSA) is 58.6 Å². The molecular weight excluding hydrogens is 368 g/mol. The first-order valence-corrected chi connectivity index (χ1v) is 6.95. The number of para-hydroxylation sites is 1. The largest absolute Gasteiger partial charge is 0.430 e. The summed E-state index contributed by atoms with van der Waals surface area (Å²) in [6.07, 6.45) is -13.0. The summed E-state index contributed by atoms with van der Waals surface area (Å²) in [4.78, 5) is 11.6. The molecule has 0 unspecified atom stereocenters. The van der Waals surface area contributed by atoms with E-state index < -0.39 is 29.6 Å². The van der Waals surface area contributed by atoms with Crippen molar-refractivity contribution in [2.24, 2.45) is 0 Å². The lowest BCUT2D eigenvalue weighted by molar-refractivity contribution is -0.376. The lowest BCUT2D eigenvalue weighted by atomic mass is 9.92. The lowest BCUT2D eigenvalue weighted by Gasteiger charge is -2.32.